The van der Waals surface area contributed by atoms with Gasteiger partial charge in [0.2, 0.25) is 17.2 Å². The third kappa shape index (κ3) is 23.9. The molecular weight excluding hydrogens is 989 g/mol. The van der Waals surface area contributed by atoms with Crippen molar-refractivity contribution in [3.05, 3.63) is 71.6 Å². The summed E-state index contributed by atoms with van der Waals surface area (Å²) in [6.07, 6.45) is 15.0. The van der Waals surface area contributed by atoms with Gasteiger partial charge in [-0.1, -0.05) is 81.4 Å². The topological polar surface area (TPSA) is 203 Å². The van der Waals surface area contributed by atoms with Gasteiger partial charge >= 0.3 is 11.9 Å². The summed E-state index contributed by atoms with van der Waals surface area (Å²) in [5, 5.41) is 28.6. The van der Waals surface area contributed by atoms with Crippen LogP contribution in [0.3, 0.4) is 0 Å². The molecule has 424 valence electrons. The first-order chi connectivity index (χ1) is 38.0. The van der Waals surface area contributed by atoms with Gasteiger partial charge in [-0.2, -0.15) is 0 Å². The molecule has 0 spiro atoms. The minimum atomic E-state index is -1.10. The van der Waals surface area contributed by atoms with Crippen LogP contribution < -0.4 is 30.8 Å². The number of carboxylic acid groups (broad SMARTS) is 2. The third-order valence-electron chi connectivity index (χ3n) is 13.5. The van der Waals surface area contributed by atoms with E-state index in [0.717, 1.165) is 161 Å². The molecule has 2 aliphatic rings. The summed E-state index contributed by atoms with van der Waals surface area (Å²) < 4.78 is 19.8. The number of fused-ring (bicyclic) bond motifs is 2. The molecule has 5 N–H and O–H groups in total. The number of nitrogens with one attached hydrogen (secondary N) is 3. The van der Waals surface area contributed by atoms with Crippen LogP contribution in [0.1, 0.15) is 141 Å². The number of unbranched alkanes of at least 4 members (excludes halogenated alkanes) is 12. The second-order valence-corrected chi connectivity index (χ2v) is 19.3. The largest absolute Gasteiger partial charge is 0.480 e. The molecule has 16 heteroatoms. The van der Waals surface area contributed by atoms with Gasteiger partial charge in [-0.3, -0.25) is 28.9 Å². The van der Waals surface area contributed by atoms with Gasteiger partial charge in [0.05, 0.1) is 45.6 Å². The average molecular weight is 1080 g/mol. The number of aliphatic carboxylic acids is 2. The monoisotopic (exact) mass is 1080 g/mol. The van der Waals surface area contributed by atoms with E-state index >= 15 is 0 Å². The van der Waals surface area contributed by atoms with Crippen LogP contribution in [-0.4, -0.2) is 137 Å². The highest BCUT2D eigenvalue weighted by molar-refractivity contribution is 6.09. The summed E-state index contributed by atoms with van der Waals surface area (Å²) in [6.45, 7) is 13.8. The van der Waals surface area contributed by atoms with E-state index in [9.17, 15) is 24.0 Å². The number of carboxylic acids is 2. The lowest BCUT2D eigenvalue weighted by atomic mass is 9.90. The van der Waals surface area contributed by atoms with E-state index in [1.807, 2.05) is 24.3 Å². The number of benzene rings is 3. The number of carbonyl (C=O) groups excluding carboxylic acids is 3. The van der Waals surface area contributed by atoms with Crippen LogP contribution in [0.15, 0.2) is 65.1 Å². The van der Waals surface area contributed by atoms with Gasteiger partial charge in [0, 0.05) is 105 Å². The van der Waals surface area contributed by atoms with Crippen LogP contribution in [0.2, 0.25) is 0 Å². The lowest BCUT2D eigenvalue weighted by molar-refractivity contribution is -0.142. The standard InChI is InChI=1S/C62H86N6O10/c1-5-67(6-2)49-33-35-53-55(45-49)78-56-46-50(68(7-3)8-4)34-36-54(56)61(53)51-29-27-28-30-52(51)62(75)65-38-37-63-57(69)31-25-23-21-19-17-15-13-11-9-10-12-14-16-18-20-22-24-26-32-58(70)64-39-41-76-43-44-77-42-40-66(47-59(71)72)48-60(73)74/h27-30,33-36,45-46H,5-8,13-26,31-32,37-44,47-48H2,1-4H3,(H4-,63,64,65,69,70,71,72,73,74,75)/p+1. The predicted octanol–water partition coefficient (Wildman–Crippen LogP) is 8.58. The number of hydrogen-bond acceptors (Lipinski definition) is 10. The smallest absolute Gasteiger partial charge is 0.317 e. The molecule has 78 heavy (non-hydrogen) atoms. The minimum absolute atomic E-state index is 0.000544. The van der Waals surface area contributed by atoms with E-state index in [0.29, 0.717) is 51.3 Å². The number of anilines is 1. The molecule has 2 aromatic rings. The molecule has 3 amide bonds. The minimum Gasteiger partial charge on any atom is -0.480 e. The van der Waals surface area contributed by atoms with Crippen LogP contribution in [0.4, 0.5) is 5.69 Å². The molecule has 2 aromatic carbocycles. The molecule has 0 radical (unpaired) electrons. The summed E-state index contributed by atoms with van der Waals surface area (Å²) in [4.78, 5) is 63.8. The van der Waals surface area contributed by atoms with Gasteiger partial charge in [0.1, 0.15) is 24.4 Å². The fraction of sp³-hybridized carbons (Fsp3) is 0.548. The van der Waals surface area contributed by atoms with Gasteiger partial charge < -0.3 is 45.0 Å². The van der Waals surface area contributed by atoms with Crippen molar-refractivity contribution in [1.82, 2.24) is 25.4 Å². The first-order valence-corrected chi connectivity index (χ1v) is 28.5. The fourth-order valence-corrected chi connectivity index (χ4v) is 9.28. The zero-order valence-corrected chi connectivity index (χ0v) is 47.0. The summed E-state index contributed by atoms with van der Waals surface area (Å²) >= 11 is 0. The zero-order valence-electron chi connectivity index (χ0n) is 47.0. The lowest BCUT2D eigenvalue weighted by Crippen LogP contribution is -2.37. The zero-order chi connectivity index (χ0) is 56.2. The van der Waals surface area contributed by atoms with Crippen molar-refractivity contribution in [2.24, 2.45) is 0 Å². The quantitative estimate of drug-likeness (QED) is 0.0124. The molecule has 0 saturated carbocycles. The highest BCUT2D eigenvalue weighted by Gasteiger charge is 2.23. The van der Waals surface area contributed by atoms with Gasteiger partial charge in [-0.15, -0.1) is 0 Å². The number of nitrogens with zero attached hydrogens (tertiary/aromatic N) is 3. The number of rotatable bonds is 39. The van der Waals surface area contributed by atoms with E-state index < -0.39 is 11.9 Å². The number of amides is 3. The fourth-order valence-electron chi connectivity index (χ4n) is 9.28. The SMILES string of the molecule is CCN(CC)c1ccc2c(-c3ccccc3C(=O)NCCNC(=O)CCCCCCCCC#CC#CCCCCCCCCC(=O)NCCOCCOCCN(CC(=O)O)CC(=O)O)c3ccc(=[N+](CC)CC)cc-3oc2c1. The van der Waals surface area contributed by atoms with Crippen molar-refractivity contribution < 1.29 is 48.1 Å². The van der Waals surface area contributed by atoms with Gasteiger partial charge in [-0.05, 0) is 95.0 Å². The highest BCUT2D eigenvalue weighted by Crippen LogP contribution is 2.42. The first-order valence-electron chi connectivity index (χ1n) is 28.5. The summed E-state index contributed by atoms with van der Waals surface area (Å²) in [5.41, 5.74) is 5.13. The van der Waals surface area contributed by atoms with Gasteiger partial charge in [0.25, 0.3) is 5.91 Å². The van der Waals surface area contributed by atoms with E-state index in [4.69, 9.17) is 24.1 Å². The van der Waals surface area contributed by atoms with Gasteiger partial charge in [-0.25, -0.2) is 4.58 Å². The molecule has 0 fully saturated rings. The van der Waals surface area contributed by atoms with Crippen molar-refractivity contribution in [3.8, 4) is 46.1 Å². The second kappa shape index (κ2) is 37.9. The van der Waals surface area contributed by atoms with Crippen molar-refractivity contribution in [3.63, 3.8) is 0 Å². The lowest BCUT2D eigenvalue weighted by Gasteiger charge is -2.22. The summed E-state index contributed by atoms with van der Waals surface area (Å²) in [5.74, 6) is 10.7. The Bertz CT molecular complexity index is 2630. The summed E-state index contributed by atoms with van der Waals surface area (Å²) in [7, 11) is 0. The maximum atomic E-state index is 13.8. The number of ether oxygens (including phenoxy) is 2. The van der Waals surface area contributed by atoms with Crippen molar-refractivity contribution in [1.29, 1.82) is 0 Å². The van der Waals surface area contributed by atoms with E-state index in [-0.39, 0.29) is 50.6 Å². The maximum Gasteiger partial charge on any atom is 0.317 e. The van der Waals surface area contributed by atoms with Crippen LogP contribution in [0.5, 0.6) is 0 Å². The molecule has 1 heterocycles. The Balaban J connectivity index is 1.00. The number of carbonyl (C=O) groups is 5. The molecule has 0 atom stereocenters. The van der Waals surface area contributed by atoms with Gasteiger partial charge in [0.15, 0.2) is 0 Å². The predicted molar refractivity (Wildman–Crippen MR) is 309 cm³/mol. The van der Waals surface area contributed by atoms with Crippen molar-refractivity contribution >= 4 is 46.3 Å². The molecular formula is C62H87N6O10+. The first kappa shape index (κ1) is 63.8. The highest BCUT2D eigenvalue weighted by atomic mass is 16.5. The molecule has 4 rings (SSSR count). The van der Waals surface area contributed by atoms with E-state index in [2.05, 4.69) is 113 Å². The Morgan fingerprint density at radius 2 is 1.17 bits per heavy atom. The number of hydrogen-bond donors (Lipinski definition) is 5. The Kier molecular flexibility index (Phi) is 31.0. The van der Waals surface area contributed by atoms with Crippen LogP contribution >= 0.6 is 0 Å². The molecule has 0 saturated heterocycles. The van der Waals surface area contributed by atoms with Crippen LogP contribution in [0.25, 0.3) is 33.4 Å². The Labute approximate surface area is 463 Å². The van der Waals surface area contributed by atoms with E-state index in [1.165, 1.54) is 4.90 Å². The Morgan fingerprint density at radius 1 is 0.603 bits per heavy atom. The van der Waals surface area contributed by atoms with Crippen LogP contribution in [0, 0.1) is 23.7 Å². The van der Waals surface area contributed by atoms with Crippen molar-refractivity contribution in [2.45, 2.75) is 130 Å². The molecule has 0 aromatic heterocycles. The van der Waals surface area contributed by atoms with E-state index in [1.54, 1.807) is 0 Å². The molecule has 16 nitrogen and oxygen atoms in total. The molecule has 0 bridgehead atoms. The van der Waals surface area contributed by atoms with Crippen LogP contribution in [-0.2, 0) is 28.7 Å². The third-order valence-corrected chi connectivity index (χ3v) is 13.5. The maximum absolute atomic E-state index is 13.8. The Morgan fingerprint density at radius 3 is 1.77 bits per heavy atom. The average Bonchev–Trinajstić information content (AvgIpc) is 3.61. The van der Waals surface area contributed by atoms with Crippen molar-refractivity contribution in [2.75, 3.05) is 96.8 Å². The molecule has 0 unspecified atom stereocenters. The Hall–Kier alpha value is -6.72. The second-order valence-electron chi connectivity index (χ2n) is 19.3. The summed E-state index contributed by atoms with van der Waals surface area (Å²) in [6, 6.07) is 20.4. The molecule has 1 aliphatic carbocycles. The normalized spacial score (nSPS) is 10.9. The molecule has 1 aliphatic heterocycles.